The van der Waals surface area contributed by atoms with Gasteiger partial charge in [-0.2, -0.15) is 5.26 Å². The summed E-state index contributed by atoms with van der Waals surface area (Å²) in [5.41, 5.74) is 12.7. The maximum Gasteiger partial charge on any atom is 0.284 e. The minimum Gasteiger partial charge on any atom is -0.431 e. The fraction of sp³-hybridized carbons (Fsp3) is 0.0217. The summed E-state index contributed by atoms with van der Waals surface area (Å²) in [4.78, 5) is 9.27. The Bertz CT molecular complexity index is 2680. The molecule has 1 aromatic heterocycles. The van der Waals surface area contributed by atoms with Crippen LogP contribution >= 0.6 is 0 Å². The number of ether oxygens (including phenoxy) is 2. The molecule has 0 saturated carbocycles. The standard InChI is InChI=1S/C46H27N3O2/c47-28-29-18-21-36-37-22-19-32(26-39(37)46(38(36)24-29,34-12-3-1-4-13-34)35-14-5-2-6-15-35)30-10-9-11-31(25-30)33-20-23-42-43(27-33)51-45-44(50-42)48-40-16-7-8-17-41(40)49-45/h1-27H. The van der Waals surface area contributed by atoms with Crippen molar-refractivity contribution in [1.82, 2.24) is 9.97 Å². The maximum atomic E-state index is 9.99. The highest BCUT2D eigenvalue weighted by Crippen LogP contribution is 2.57. The van der Waals surface area contributed by atoms with E-state index in [2.05, 4.69) is 131 Å². The first kappa shape index (κ1) is 28.9. The fourth-order valence-corrected chi connectivity index (χ4v) is 7.78. The van der Waals surface area contributed by atoms with Gasteiger partial charge in [0.05, 0.1) is 28.1 Å². The topological polar surface area (TPSA) is 68.0 Å². The Balaban J connectivity index is 1.09. The number of hydrogen-bond donors (Lipinski definition) is 0. The third-order valence-corrected chi connectivity index (χ3v) is 10.1. The largest absolute Gasteiger partial charge is 0.431 e. The van der Waals surface area contributed by atoms with E-state index >= 15 is 0 Å². The molecule has 5 heteroatoms. The van der Waals surface area contributed by atoms with Gasteiger partial charge in [0.1, 0.15) is 0 Å². The fourth-order valence-electron chi connectivity index (χ4n) is 7.78. The van der Waals surface area contributed by atoms with Gasteiger partial charge in [-0.1, -0.05) is 115 Å². The second-order valence-corrected chi connectivity index (χ2v) is 12.9. The number of rotatable bonds is 4. The molecule has 8 aromatic rings. The minimum atomic E-state index is -0.603. The quantitative estimate of drug-likeness (QED) is 0.189. The van der Waals surface area contributed by atoms with Crippen molar-refractivity contribution in [3.8, 4) is 62.7 Å². The molecule has 0 spiro atoms. The molecule has 238 valence electrons. The molecule has 5 nitrogen and oxygen atoms in total. The first-order valence-corrected chi connectivity index (χ1v) is 16.9. The summed E-state index contributed by atoms with van der Waals surface area (Å²) in [6, 6.07) is 58.8. The lowest BCUT2D eigenvalue weighted by Crippen LogP contribution is -2.28. The minimum absolute atomic E-state index is 0.355. The predicted octanol–water partition coefficient (Wildman–Crippen LogP) is 11.1. The molecule has 2 aliphatic rings. The molecule has 51 heavy (non-hydrogen) atoms. The number of para-hydroxylation sites is 2. The predicted molar refractivity (Wildman–Crippen MR) is 199 cm³/mol. The second kappa shape index (κ2) is 11.3. The Morgan fingerprint density at radius 3 is 1.63 bits per heavy atom. The molecular formula is C46H27N3O2. The molecular weight excluding hydrogens is 627 g/mol. The Labute approximate surface area is 294 Å². The highest BCUT2D eigenvalue weighted by atomic mass is 16.6. The van der Waals surface area contributed by atoms with Crippen LogP contribution in [0.2, 0.25) is 0 Å². The van der Waals surface area contributed by atoms with Gasteiger partial charge in [0.25, 0.3) is 11.8 Å². The summed E-state index contributed by atoms with van der Waals surface area (Å²) in [6.07, 6.45) is 0. The summed E-state index contributed by atoms with van der Waals surface area (Å²) in [5.74, 6) is 1.91. The van der Waals surface area contributed by atoms with Crippen LogP contribution in [0.4, 0.5) is 0 Å². The lowest BCUT2D eigenvalue weighted by molar-refractivity contribution is 0.339. The van der Waals surface area contributed by atoms with Gasteiger partial charge in [0.2, 0.25) is 0 Å². The Kier molecular flexibility index (Phi) is 6.39. The molecule has 0 fully saturated rings. The molecule has 2 heterocycles. The van der Waals surface area contributed by atoms with Crippen LogP contribution in [0.1, 0.15) is 27.8 Å². The van der Waals surface area contributed by atoms with Crippen LogP contribution in [0.25, 0.3) is 44.4 Å². The van der Waals surface area contributed by atoms with E-state index in [4.69, 9.17) is 9.47 Å². The average Bonchev–Trinajstić information content (AvgIpc) is 3.49. The van der Waals surface area contributed by atoms with Crippen molar-refractivity contribution >= 4 is 11.0 Å². The lowest BCUT2D eigenvalue weighted by Gasteiger charge is -2.34. The van der Waals surface area contributed by atoms with Crippen molar-refractivity contribution in [3.63, 3.8) is 0 Å². The van der Waals surface area contributed by atoms with Crippen LogP contribution in [0, 0.1) is 11.3 Å². The van der Waals surface area contributed by atoms with Gasteiger partial charge in [0.15, 0.2) is 11.5 Å². The van der Waals surface area contributed by atoms with Gasteiger partial charge in [-0.3, -0.25) is 0 Å². The number of nitriles is 1. The van der Waals surface area contributed by atoms with E-state index < -0.39 is 5.41 Å². The van der Waals surface area contributed by atoms with Gasteiger partial charge in [-0.25, -0.2) is 9.97 Å². The first-order chi connectivity index (χ1) is 25.2. The average molecular weight is 654 g/mol. The van der Waals surface area contributed by atoms with E-state index in [-0.39, 0.29) is 0 Å². The highest BCUT2D eigenvalue weighted by molar-refractivity contribution is 5.89. The zero-order valence-electron chi connectivity index (χ0n) is 27.2. The number of nitrogens with zero attached hydrogens (tertiary/aromatic N) is 3. The van der Waals surface area contributed by atoms with Crippen molar-refractivity contribution < 1.29 is 9.47 Å². The van der Waals surface area contributed by atoms with E-state index in [1.165, 1.54) is 11.1 Å². The van der Waals surface area contributed by atoms with Gasteiger partial charge in [-0.15, -0.1) is 0 Å². The maximum absolute atomic E-state index is 9.99. The van der Waals surface area contributed by atoms with Crippen molar-refractivity contribution in [2.75, 3.05) is 0 Å². The summed E-state index contributed by atoms with van der Waals surface area (Å²) >= 11 is 0. The Morgan fingerprint density at radius 1 is 0.451 bits per heavy atom. The smallest absolute Gasteiger partial charge is 0.284 e. The molecule has 0 bridgehead atoms. The van der Waals surface area contributed by atoms with Crippen molar-refractivity contribution in [2.45, 2.75) is 5.41 Å². The number of benzene rings is 7. The van der Waals surface area contributed by atoms with Crippen LogP contribution in [0.15, 0.2) is 164 Å². The summed E-state index contributed by atoms with van der Waals surface area (Å²) in [5, 5.41) is 9.99. The molecule has 0 saturated heterocycles. The molecule has 1 aliphatic carbocycles. The Morgan fingerprint density at radius 2 is 0.980 bits per heavy atom. The molecule has 10 rings (SSSR count). The molecule has 1 aliphatic heterocycles. The zero-order chi connectivity index (χ0) is 33.9. The van der Waals surface area contributed by atoms with Gasteiger partial charge >= 0.3 is 0 Å². The van der Waals surface area contributed by atoms with Crippen molar-refractivity contribution in [1.29, 1.82) is 5.26 Å². The van der Waals surface area contributed by atoms with Crippen LogP contribution in [-0.2, 0) is 5.41 Å². The van der Waals surface area contributed by atoms with Crippen molar-refractivity contribution in [2.24, 2.45) is 0 Å². The second-order valence-electron chi connectivity index (χ2n) is 12.9. The number of fused-ring (bicyclic) bond motifs is 6. The number of hydrogen-bond acceptors (Lipinski definition) is 5. The molecule has 0 radical (unpaired) electrons. The van der Waals surface area contributed by atoms with E-state index in [0.29, 0.717) is 28.8 Å². The molecule has 0 atom stereocenters. The molecule has 7 aromatic carbocycles. The third-order valence-electron chi connectivity index (χ3n) is 10.1. The van der Waals surface area contributed by atoms with E-state index in [1.807, 2.05) is 48.5 Å². The molecule has 0 amide bonds. The summed E-state index contributed by atoms with van der Waals surface area (Å²) < 4.78 is 12.4. The van der Waals surface area contributed by atoms with Crippen LogP contribution in [-0.4, -0.2) is 9.97 Å². The van der Waals surface area contributed by atoms with Gasteiger partial charge < -0.3 is 9.47 Å². The monoisotopic (exact) mass is 653 g/mol. The van der Waals surface area contributed by atoms with E-state index in [1.54, 1.807) is 0 Å². The third kappa shape index (κ3) is 4.47. The molecule has 0 N–H and O–H groups in total. The lowest BCUT2D eigenvalue weighted by atomic mass is 9.67. The van der Waals surface area contributed by atoms with Gasteiger partial charge in [-0.05, 0) is 104 Å². The SMILES string of the molecule is N#Cc1ccc2c(c1)C(c1ccccc1)(c1ccccc1)c1cc(-c3cccc(-c4ccc5c(c4)Oc4nc6ccccc6nc4O5)c3)ccc1-2. The first-order valence-electron chi connectivity index (χ1n) is 16.9. The Hall–Kier alpha value is -7.03. The zero-order valence-corrected chi connectivity index (χ0v) is 27.2. The van der Waals surface area contributed by atoms with Crippen LogP contribution in [0.3, 0.4) is 0 Å². The summed E-state index contributed by atoms with van der Waals surface area (Å²) in [6.45, 7) is 0. The van der Waals surface area contributed by atoms with E-state index in [9.17, 15) is 5.26 Å². The van der Waals surface area contributed by atoms with E-state index in [0.717, 1.165) is 55.5 Å². The van der Waals surface area contributed by atoms with Gasteiger partial charge in [0, 0.05) is 0 Å². The molecule has 0 unspecified atom stereocenters. The van der Waals surface area contributed by atoms with Crippen LogP contribution in [0.5, 0.6) is 23.3 Å². The summed E-state index contributed by atoms with van der Waals surface area (Å²) in [7, 11) is 0. The highest BCUT2D eigenvalue weighted by Gasteiger charge is 2.46. The normalized spacial score (nSPS) is 13.2. The van der Waals surface area contributed by atoms with Crippen LogP contribution < -0.4 is 9.47 Å². The van der Waals surface area contributed by atoms with Crippen molar-refractivity contribution in [3.05, 3.63) is 192 Å². The number of aromatic nitrogens is 2.